The zero-order valence-electron chi connectivity index (χ0n) is 7.73. The minimum Gasteiger partial charge on any atom is -0.375 e. The molecule has 0 atom stereocenters. The van der Waals surface area contributed by atoms with Crippen molar-refractivity contribution in [2.75, 3.05) is 12.0 Å². The number of anilines is 1. The molecule has 1 aromatic heterocycles. The third-order valence-corrected chi connectivity index (χ3v) is 3.29. The van der Waals surface area contributed by atoms with Crippen LogP contribution in [0.15, 0.2) is 34.5 Å². The average Bonchev–Trinajstić information content (AvgIpc) is 2.65. The number of thioether (sulfide) groups is 1. The van der Waals surface area contributed by atoms with E-state index in [0.717, 1.165) is 11.3 Å². The Bertz CT molecular complexity index is 437. The fourth-order valence-electron chi connectivity index (χ4n) is 1.20. The molecule has 0 aliphatic rings. The van der Waals surface area contributed by atoms with E-state index in [9.17, 15) is 0 Å². The highest BCUT2D eigenvalue weighted by atomic mass is 32.2. The minimum absolute atomic E-state index is 0.620. The Morgan fingerprint density at radius 1 is 1.43 bits per heavy atom. The summed E-state index contributed by atoms with van der Waals surface area (Å²) in [7, 11) is 0. The molecular weight excluding hydrogens is 212 g/mol. The van der Waals surface area contributed by atoms with Crippen LogP contribution < -0.4 is 5.73 Å². The van der Waals surface area contributed by atoms with Gasteiger partial charge in [-0.1, -0.05) is 12.1 Å². The van der Waals surface area contributed by atoms with Gasteiger partial charge in [0, 0.05) is 15.8 Å². The van der Waals surface area contributed by atoms with Crippen LogP contribution >= 0.6 is 23.1 Å². The molecule has 1 heterocycles. The van der Waals surface area contributed by atoms with E-state index in [0.29, 0.717) is 5.13 Å². The van der Waals surface area contributed by atoms with Crippen molar-refractivity contribution < 1.29 is 0 Å². The molecular formula is C10H10N2S2. The molecule has 0 amide bonds. The molecule has 2 N–H and O–H groups in total. The molecule has 2 rings (SSSR count). The normalized spacial score (nSPS) is 10.4. The van der Waals surface area contributed by atoms with Crippen LogP contribution in [0.1, 0.15) is 0 Å². The number of benzene rings is 1. The standard InChI is InChI=1S/C10H10N2S2/c1-13-8-4-2-3-7(5-8)9-6-14-10(11)12-9/h2-6H,1H3,(H2,11,12). The first-order valence-corrected chi connectivity index (χ1v) is 6.25. The Morgan fingerprint density at radius 3 is 2.93 bits per heavy atom. The van der Waals surface area contributed by atoms with Gasteiger partial charge < -0.3 is 5.73 Å². The molecule has 72 valence electrons. The van der Waals surface area contributed by atoms with Gasteiger partial charge in [-0.3, -0.25) is 0 Å². The zero-order chi connectivity index (χ0) is 9.97. The summed E-state index contributed by atoms with van der Waals surface area (Å²) in [4.78, 5) is 5.49. The third kappa shape index (κ3) is 1.91. The summed E-state index contributed by atoms with van der Waals surface area (Å²) >= 11 is 3.20. The molecule has 0 saturated heterocycles. The topological polar surface area (TPSA) is 38.9 Å². The summed E-state index contributed by atoms with van der Waals surface area (Å²) in [6.07, 6.45) is 2.06. The maximum atomic E-state index is 5.59. The highest BCUT2D eigenvalue weighted by Gasteiger charge is 2.02. The van der Waals surface area contributed by atoms with E-state index >= 15 is 0 Å². The van der Waals surface area contributed by atoms with Crippen LogP contribution in [0.2, 0.25) is 0 Å². The largest absolute Gasteiger partial charge is 0.375 e. The highest BCUT2D eigenvalue weighted by Crippen LogP contribution is 2.26. The van der Waals surface area contributed by atoms with Crippen LogP contribution in [0.4, 0.5) is 5.13 Å². The van der Waals surface area contributed by atoms with Gasteiger partial charge in [-0.05, 0) is 18.4 Å². The molecule has 2 nitrogen and oxygen atoms in total. The first-order chi connectivity index (χ1) is 6.79. The lowest BCUT2D eigenvalue weighted by Crippen LogP contribution is -1.83. The fraction of sp³-hybridized carbons (Fsp3) is 0.100. The van der Waals surface area contributed by atoms with Crippen molar-refractivity contribution in [3.05, 3.63) is 29.6 Å². The Balaban J connectivity index is 2.41. The zero-order valence-corrected chi connectivity index (χ0v) is 9.36. The molecule has 0 saturated carbocycles. The number of hydrogen-bond acceptors (Lipinski definition) is 4. The van der Waals surface area contributed by atoms with E-state index in [2.05, 4.69) is 23.4 Å². The van der Waals surface area contributed by atoms with Gasteiger partial charge in [0.05, 0.1) is 5.69 Å². The number of hydrogen-bond donors (Lipinski definition) is 1. The molecule has 0 bridgehead atoms. The second kappa shape index (κ2) is 4.02. The number of rotatable bonds is 2. The van der Waals surface area contributed by atoms with Crippen molar-refractivity contribution in [1.82, 2.24) is 4.98 Å². The van der Waals surface area contributed by atoms with Gasteiger partial charge in [0.25, 0.3) is 0 Å². The van der Waals surface area contributed by atoms with E-state index in [1.165, 1.54) is 16.2 Å². The average molecular weight is 222 g/mol. The van der Waals surface area contributed by atoms with Crippen LogP contribution in [-0.4, -0.2) is 11.2 Å². The van der Waals surface area contributed by atoms with Crippen molar-refractivity contribution in [2.24, 2.45) is 0 Å². The van der Waals surface area contributed by atoms with Crippen molar-refractivity contribution in [2.45, 2.75) is 4.90 Å². The van der Waals surface area contributed by atoms with Gasteiger partial charge in [-0.25, -0.2) is 4.98 Å². The van der Waals surface area contributed by atoms with Crippen LogP contribution in [0.3, 0.4) is 0 Å². The summed E-state index contributed by atoms with van der Waals surface area (Å²) in [5.74, 6) is 0. The van der Waals surface area contributed by atoms with Crippen LogP contribution in [0, 0.1) is 0 Å². The van der Waals surface area contributed by atoms with E-state index in [-0.39, 0.29) is 0 Å². The molecule has 0 aliphatic carbocycles. The van der Waals surface area contributed by atoms with Crippen LogP contribution in [-0.2, 0) is 0 Å². The number of nitrogens with zero attached hydrogens (tertiary/aromatic N) is 1. The molecule has 0 radical (unpaired) electrons. The second-order valence-corrected chi connectivity index (χ2v) is 4.57. The van der Waals surface area contributed by atoms with Crippen molar-refractivity contribution in [3.8, 4) is 11.3 Å². The van der Waals surface area contributed by atoms with Crippen molar-refractivity contribution in [1.29, 1.82) is 0 Å². The van der Waals surface area contributed by atoms with E-state index < -0.39 is 0 Å². The van der Waals surface area contributed by atoms with Gasteiger partial charge in [0.15, 0.2) is 5.13 Å². The Hall–Kier alpha value is -1.00. The summed E-state index contributed by atoms with van der Waals surface area (Å²) in [5.41, 5.74) is 7.68. The maximum absolute atomic E-state index is 5.59. The smallest absolute Gasteiger partial charge is 0.180 e. The lowest BCUT2D eigenvalue weighted by atomic mass is 10.2. The summed E-state index contributed by atoms with van der Waals surface area (Å²) < 4.78 is 0. The number of aromatic nitrogens is 1. The quantitative estimate of drug-likeness (QED) is 0.793. The molecule has 0 unspecified atom stereocenters. The second-order valence-electron chi connectivity index (χ2n) is 2.80. The molecule has 1 aromatic carbocycles. The first kappa shape index (κ1) is 9.55. The van der Waals surface area contributed by atoms with Gasteiger partial charge >= 0.3 is 0 Å². The van der Waals surface area contributed by atoms with Gasteiger partial charge in [0.1, 0.15) is 0 Å². The van der Waals surface area contributed by atoms with Crippen molar-refractivity contribution >= 4 is 28.2 Å². The van der Waals surface area contributed by atoms with Gasteiger partial charge in [-0.15, -0.1) is 23.1 Å². The van der Waals surface area contributed by atoms with Gasteiger partial charge in [0.2, 0.25) is 0 Å². The molecule has 0 aliphatic heterocycles. The molecule has 14 heavy (non-hydrogen) atoms. The fourth-order valence-corrected chi connectivity index (χ4v) is 2.23. The predicted molar refractivity (Wildman–Crippen MR) is 63.7 cm³/mol. The number of thiazole rings is 1. The number of nitrogens with two attached hydrogens (primary N) is 1. The maximum Gasteiger partial charge on any atom is 0.180 e. The summed E-state index contributed by atoms with van der Waals surface area (Å²) in [5, 5.41) is 2.60. The Morgan fingerprint density at radius 2 is 2.29 bits per heavy atom. The highest BCUT2D eigenvalue weighted by molar-refractivity contribution is 7.98. The van der Waals surface area contributed by atoms with Crippen molar-refractivity contribution in [3.63, 3.8) is 0 Å². The summed E-state index contributed by atoms with van der Waals surface area (Å²) in [6, 6.07) is 8.30. The minimum atomic E-state index is 0.620. The van der Waals surface area contributed by atoms with Crippen LogP contribution in [0.25, 0.3) is 11.3 Å². The molecule has 0 fully saturated rings. The van der Waals surface area contributed by atoms with E-state index in [1.807, 2.05) is 17.5 Å². The van der Waals surface area contributed by atoms with Gasteiger partial charge in [-0.2, -0.15) is 0 Å². The lowest BCUT2D eigenvalue weighted by molar-refractivity contribution is 1.38. The predicted octanol–water partition coefficient (Wildman–Crippen LogP) is 3.11. The third-order valence-electron chi connectivity index (χ3n) is 1.89. The molecule has 4 heteroatoms. The monoisotopic (exact) mass is 222 g/mol. The lowest BCUT2D eigenvalue weighted by Gasteiger charge is -1.99. The first-order valence-electron chi connectivity index (χ1n) is 4.15. The molecule has 2 aromatic rings. The Kier molecular flexibility index (Phi) is 2.74. The van der Waals surface area contributed by atoms with Crippen LogP contribution in [0.5, 0.6) is 0 Å². The Labute approximate surface area is 91.2 Å². The van der Waals surface area contributed by atoms with E-state index in [1.54, 1.807) is 11.8 Å². The summed E-state index contributed by atoms with van der Waals surface area (Å²) in [6.45, 7) is 0. The SMILES string of the molecule is CSc1cccc(-c2csc(N)n2)c1. The number of nitrogen functional groups attached to an aromatic ring is 1. The van der Waals surface area contributed by atoms with E-state index in [4.69, 9.17) is 5.73 Å². The molecule has 0 spiro atoms.